The van der Waals surface area contributed by atoms with Crippen molar-refractivity contribution in [1.29, 1.82) is 0 Å². The van der Waals surface area contributed by atoms with Gasteiger partial charge in [0.1, 0.15) is 18.1 Å². The van der Waals surface area contributed by atoms with E-state index >= 15 is 0 Å². The van der Waals surface area contributed by atoms with Crippen LogP contribution < -0.4 is 10.1 Å². The highest BCUT2D eigenvalue weighted by atomic mass is 16.5. The molecule has 20 heavy (non-hydrogen) atoms. The Morgan fingerprint density at radius 2 is 2.15 bits per heavy atom. The van der Waals surface area contributed by atoms with Crippen molar-refractivity contribution in [3.63, 3.8) is 0 Å². The fourth-order valence-electron chi connectivity index (χ4n) is 1.82. The van der Waals surface area contributed by atoms with Gasteiger partial charge in [0, 0.05) is 7.05 Å². The van der Waals surface area contributed by atoms with E-state index in [1.54, 1.807) is 19.2 Å². The molecular weight excluding hydrogens is 254 g/mol. The number of allylic oxidation sites excluding steroid dienone is 1. The van der Waals surface area contributed by atoms with Crippen LogP contribution in [-0.4, -0.2) is 13.0 Å². The highest BCUT2D eigenvalue weighted by Crippen LogP contribution is 2.20. The summed E-state index contributed by atoms with van der Waals surface area (Å²) in [6.07, 6.45) is 2.58. The number of carbonyl (C=O) groups is 1. The molecule has 4 nitrogen and oxygen atoms in total. The predicted octanol–water partition coefficient (Wildman–Crippen LogP) is 2.95. The van der Waals surface area contributed by atoms with Gasteiger partial charge in [0.25, 0.3) is 5.91 Å². The summed E-state index contributed by atoms with van der Waals surface area (Å²) in [6.45, 7) is 4.01. The first-order valence-electron chi connectivity index (χ1n) is 6.37. The zero-order chi connectivity index (χ0) is 14.4. The third-order valence-corrected chi connectivity index (χ3v) is 2.82. The summed E-state index contributed by atoms with van der Waals surface area (Å²) < 4.78 is 11.1. The SMILES string of the molecule is C=CCc1ccccc1OCc1ccc(C(=O)NC)o1. The van der Waals surface area contributed by atoms with Crippen molar-refractivity contribution < 1.29 is 13.9 Å². The molecule has 0 saturated carbocycles. The number of hydrogen-bond acceptors (Lipinski definition) is 3. The van der Waals surface area contributed by atoms with Crippen LogP contribution in [-0.2, 0) is 13.0 Å². The van der Waals surface area contributed by atoms with Gasteiger partial charge >= 0.3 is 0 Å². The summed E-state index contributed by atoms with van der Waals surface area (Å²) >= 11 is 0. The second kappa shape index (κ2) is 6.61. The molecule has 0 unspecified atom stereocenters. The molecule has 1 amide bonds. The molecule has 0 radical (unpaired) electrons. The van der Waals surface area contributed by atoms with E-state index in [9.17, 15) is 4.79 Å². The molecule has 2 rings (SSSR count). The summed E-state index contributed by atoms with van der Waals surface area (Å²) in [5.41, 5.74) is 1.07. The second-order valence-electron chi connectivity index (χ2n) is 4.23. The Bertz CT molecular complexity index is 601. The molecule has 4 heteroatoms. The van der Waals surface area contributed by atoms with Gasteiger partial charge in [-0.05, 0) is 30.2 Å². The Morgan fingerprint density at radius 1 is 1.35 bits per heavy atom. The number of para-hydroxylation sites is 1. The minimum atomic E-state index is -0.247. The van der Waals surface area contributed by atoms with E-state index in [4.69, 9.17) is 9.15 Å². The van der Waals surface area contributed by atoms with Crippen LogP contribution in [0.2, 0.25) is 0 Å². The van der Waals surface area contributed by atoms with Crippen LogP contribution in [0, 0.1) is 0 Å². The summed E-state index contributed by atoms with van der Waals surface area (Å²) in [7, 11) is 1.56. The molecule has 1 aromatic carbocycles. The van der Waals surface area contributed by atoms with Crippen LogP contribution >= 0.6 is 0 Å². The molecule has 0 aliphatic heterocycles. The molecule has 104 valence electrons. The van der Waals surface area contributed by atoms with Crippen molar-refractivity contribution in [2.75, 3.05) is 7.05 Å². The first kappa shape index (κ1) is 13.9. The number of ether oxygens (including phenoxy) is 1. The number of rotatable bonds is 6. The van der Waals surface area contributed by atoms with E-state index in [0.29, 0.717) is 5.76 Å². The number of amides is 1. The maximum Gasteiger partial charge on any atom is 0.286 e. The average Bonchev–Trinajstić information content (AvgIpc) is 2.95. The Hall–Kier alpha value is -2.49. The standard InChI is InChI=1S/C16H17NO3/c1-3-6-12-7-4-5-8-14(12)19-11-13-9-10-15(20-13)16(18)17-2/h3-5,7-10H,1,6,11H2,2H3,(H,17,18). The smallest absolute Gasteiger partial charge is 0.286 e. The third kappa shape index (κ3) is 3.29. The molecule has 0 bridgehead atoms. The number of carbonyl (C=O) groups excluding carboxylic acids is 1. The zero-order valence-corrected chi connectivity index (χ0v) is 11.4. The van der Waals surface area contributed by atoms with Gasteiger partial charge < -0.3 is 14.5 Å². The predicted molar refractivity (Wildman–Crippen MR) is 76.8 cm³/mol. The minimum absolute atomic E-state index is 0.247. The largest absolute Gasteiger partial charge is 0.485 e. The maximum atomic E-state index is 11.4. The number of furan rings is 1. The van der Waals surface area contributed by atoms with Crippen molar-refractivity contribution >= 4 is 5.91 Å². The lowest BCUT2D eigenvalue weighted by Crippen LogP contribution is -2.16. The van der Waals surface area contributed by atoms with Gasteiger partial charge in [0.15, 0.2) is 5.76 Å². The van der Waals surface area contributed by atoms with Crippen molar-refractivity contribution in [2.24, 2.45) is 0 Å². The Labute approximate surface area is 118 Å². The van der Waals surface area contributed by atoms with Crippen molar-refractivity contribution in [3.8, 4) is 5.75 Å². The molecule has 2 aromatic rings. The van der Waals surface area contributed by atoms with Gasteiger partial charge in [-0.25, -0.2) is 0 Å². The van der Waals surface area contributed by atoms with Gasteiger partial charge in [-0.2, -0.15) is 0 Å². The molecule has 0 aliphatic rings. The fourth-order valence-corrected chi connectivity index (χ4v) is 1.82. The van der Waals surface area contributed by atoms with Crippen LogP contribution in [0.4, 0.5) is 0 Å². The molecule has 0 saturated heterocycles. The van der Waals surface area contributed by atoms with E-state index in [-0.39, 0.29) is 18.3 Å². The Balaban J connectivity index is 2.03. The zero-order valence-electron chi connectivity index (χ0n) is 11.4. The van der Waals surface area contributed by atoms with Crippen LogP contribution in [0.25, 0.3) is 0 Å². The third-order valence-electron chi connectivity index (χ3n) is 2.82. The highest BCUT2D eigenvalue weighted by Gasteiger charge is 2.10. The summed E-state index contributed by atoms with van der Waals surface area (Å²) in [5.74, 6) is 1.44. The van der Waals surface area contributed by atoms with Gasteiger partial charge in [0.2, 0.25) is 0 Å². The molecule has 0 atom stereocenters. The second-order valence-corrected chi connectivity index (χ2v) is 4.23. The van der Waals surface area contributed by atoms with Crippen LogP contribution in [0.15, 0.2) is 53.5 Å². The topological polar surface area (TPSA) is 51.5 Å². The first-order valence-corrected chi connectivity index (χ1v) is 6.37. The van der Waals surface area contributed by atoms with Crippen molar-refractivity contribution in [3.05, 3.63) is 66.1 Å². The molecular formula is C16H17NO3. The van der Waals surface area contributed by atoms with E-state index in [0.717, 1.165) is 17.7 Å². The molecule has 1 heterocycles. The van der Waals surface area contributed by atoms with Gasteiger partial charge in [-0.1, -0.05) is 24.3 Å². The van der Waals surface area contributed by atoms with E-state index in [2.05, 4.69) is 11.9 Å². The van der Waals surface area contributed by atoms with E-state index in [1.165, 1.54) is 0 Å². The fraction of sp³-hybridized carbons (Fsp3) is 0.188. The monoisotopic (exact) mass is 271 g/mol. The van der Waals surface area contributed by atoms with Gasteiger partial charge in [-0.3, -0.25) is 4.79 Å². The summed E-state index contributed by atoms with van der Waals surface area (Å²) in [6, 6.07) is 11.1. The van der Waals surface area contributed by atoms with Crippen molar-refractivity contribution in [1.82, 2.24) is 5.32 Å². The molecule has 1 N–H and O–H groups in total. The first-order chi connectivity index (χ1) is 9.74. The number of benzene rings is 1. The van der Waals surface area contributed by atoms with Gasteiger partial charge in [0.05, 0.1) is 0 Å². The quantitative estimate of drug-likeness (QED) is 0.822. The highest BCUT2D eigenvalue weighted by molar-refractivity contribution is 5.91. The Morgan fingerprint density at radius 3 is 2.90 bits per heavy atom. The average molecular weight is 271 g/mol. The molecule has 1 aromatic heterocycles. The van der Waals surface area contributed by atoms with Crippen LogP contribution in [0.1, 0.15) is 21.9 Å². The lowest BCUT2D eigenvalue weighted by Gasteiger charge is -2.08. The summed E-state index contributed by atoms with van der Waals surface area (Å²) in [4.78, 5) is 11.4. The molecule has 0 spiro atoms. The number of hydrogen-bond donors (Lipinski definition) is 1. The summed E-state index contributed by atoms with van der Waals surface area (Å²) in [5, 5.41) is 2.51. The molecule has 0 aliphatic carbocycles. The van der Waals surface area contributed by atoms with Gasteiger partial charge in [-0.15, -0.1) is 6.58 Å². The lowest BCUT2D eigenvalue weighted by molar-refractivity contribution is 0.0931. The minimum Gasteiger partial charge on any atom is -0.485 e. The number of nitrogens with one attached hydrogen (secondary N) is 1. The lowest BCUT2D eigenvalue weighted by atomic mass is 10.1. The normalized spacial score (nSPS) is 10.1. The van der Waals surface area contributed by atoms with Crippen LogP contribution in [0.5, 0.6) is 5.75 Å². The van der Waals surface area contributed by atoms with Crippen LogP contribution in [0.3, 0.4) is 0 Å². The van der Waals surface area contributed by atoms with Crippen molar-refractivity contribution in [2.45, 2.75) is 13.0 Å². The molecule has 0 fully saturated rings. The maximum absolute atomic E-state index is 11.4. The van der Waals surface area contributed by atoms with E-state index < -0.39 is 0 Å². The Kier molecular flexibility index (Phi) is 4.60. The van der Waals surface area contributed by atoms with E-state index in [1.807, 2.05) is 30.3 Å².